The lowest BCUT2D eigenvalue weighted by Gasteiger charge is -2.22. The number of carbonyl (C=O) groups excluding carboxylic acids is 1. The van der Waals surface area contributed by atoms with Gasteiger partial charge in [-0.1, -0.05) is 50.1 Å². The number of hydrogen-bond acceptors (Lipinski definition) is 4. The van der Waals surface area contributed by atoms with Gasteiger partial charge in [-0.15, -0.1) is 0 Å². The zero-order valence-electron chi connectivity index (χ0n) is 14.7. The molecule has 0 fully saturated rings. The van der Waals surface area contributed by atoms with Crippen LogP contribution in [0.15, 0.2) is 29.1 Å². The van der Waals surface area contributed by atoms with Crippen molar-refractivity contribution in [1.82, 2.24) is 15.0 Å². The SMILES string of the molecule is CCC(C)C(C(=O)NO)n1c(O)c(CCc2ccc(C)cc2)[nH]c1=O. The Morgan fingerprint density at radius 1 is 1.28 bits per heavy atom. The van der Waals surface area contributed by atoms with Gasteiger partial charge in [0.1, 0.15) is 6.04 Å². The van der Waals surface area contributed by atoms with E-state index in [0.717, 1.165) is 15.7 Å². The van der Waals surface area contributed by atoms with Crippen molar-refractivity contribution < 1.29 is 15.1 Å². The highest BCUT2D eigenvalue weighted by Crippen LogP contribution is 2.26. The van der Waals surface area contributed by atoms with Crippen LogP contribution in [0.1, 0.15) is 43.1 Å². The normalized spacial score (nSPS) is 13.4. The molecule has 1 aromatic carbocycles. The van der Waals surface area contributed by atoms with Crippen LogP contribution in [0.25, 0.3) is 0 Å². The molecule has 2 rings (SSSR count). The first-order chi connectivity index (χ1) is 11.9. The summed E-state index contributed by atoms with van der Waals surface area (Å²) in [4.78, 5) is 26.9. The van der Waals surface area contributed by atoms with Crippen LogP contribution in [-0.2, 0) is 17.6 Å². The maximum absolute atomic E-state index is 12.3. The Bertz CT molecular complexity index is 777. The average molecular weight is 347 g/mol. The van der Waals surface area contributed by atoms with E-state index in [0.29, 0.717) is 25.0 Å². The number of aryl methyl sites for hydroxylation is 3. The van der Waals surface area contributed by atoms with Crippen LogP contribution in [-0.4, -0.2) is 25.8 Å². The number of aromatic hydroxyl groups is 1. The summed E-state index contributed by atoms with van der Waals surface area (Å²) in [5.41, 5.74) is 3.65. The number of nitrogens with one attached hydrogen (secondary N) is 2. The number of carbonyl (C=O) groups is 1. The van der Waals surface area contributed by atoms with Crippen molar-refractivity contribution in [2.75, 3.05) is 0 Å². The molecule has 1 amide bonds. The monoisotopic (exact) mass is 347 g/mol. The molecule has 25 heavy (non-hydrogen) atoms. The summed E-state index contributed by atoms with van der Waals surface area (Å²) in [5.74, 6) is -1.22. The maximum atomic E-state index is 12.3. The molecule has 0 radical (unpaired) electrons. The molecule has 0 aliphatic carbocycles. The van der Waals surface area contributed by atoms with E-state index in [-0.39, 0.29) is 11.8 Å². The Balaban J connectivity index is 2.28. The van der Waals surface area contributed by atoms with Crippen LogP contribution < -0.4 is 11.2 Å². The van der Waals surface area contributed by atoms with Gasteiger partial charge < -0.3 is 10.1 Å². The fraction of sp³-hybridized carbons (Fsp3) is 0.444. The minimum Gasteiger partial charge on any atom is -0.493 e. The first-order valence-corrected chi connectivity index (χ1v) is 8.40. The minimum atomic E-state index is -0.980. The molecule has 0 saturated heterocycles. The first-order valence-electron chi connectivity index (χ1n) is 8.40. The van der Waals surface area contributed by atoms with Crippen molar-refractivity contribution in [3.8, 4) is 5.88 Å². The third kappa shape index (κ3) is 4.11. The molecule has 0 aliphatic rings. The number of H-pyrrole nitrogens is 1. The number of nitrogens with zero attached hydrogens (tertiary/aromatic N) is 1. The van der Waals surface area contributed by atoms with Crippen LogP contribution in [0.5, 0.6) is 5.88 Å². The van der Waals surface area contributed by atoms with Gasteiger partial charge in [0.05, 0.1) is 5.69 Å². The molecular formula is C18H25N3O4. The van der Waals surface area contributed by atoms with E-state index in [9.17, 15) is 14.7 Å². The predicted octanol–water partition coefficient (Wildman–Crippen LogP) is 2.07. The smallest absolute Gasteiger partial charge is 0.329 e. The first kappa shape index (κ1) is 18.8. The molecule has 0 bridgehead atoms. The van der Waals surface area contributed by atoms with E-state index >= 15 is 0 Å². The van der Waals surface area contributed by atoms with Crippen molar-refractivity contribution in [2.45, 2.75) is 46.1 Å². The number of hydroxylamine groups is 1. The average Bonchev–Trinajstić information content (AvgIpc) is 2.88. The van der Waals surface area contributed by atoms with Crippen molar-refractivity contribution >= 4 is 5.91 Å². The fourth-order valence-corrected chi connectivity index (χ4v) is 2.86. The number of hydrogen-bond donors (Lipinski definition) is 4. The van der Waals surface area contributed by atoms with Crippen molar-refractivity contribution in [3.05, 3.63) is 51.6 Å². The third-order valence-electron chi connectivity index (χ3n) is 4.60. The zero-order chi connectivity index (χ0) is 18.6. The number of aromatic nitrogens is 2. The fourth-order valence-electron chi connectivity index (χ4n) is 2.86. The quantitative estimate of drug-likeness (QED) is 0.454. The zero-order valence-corrected chi connectivity index (χ0v) is 14.7. The molecule has 2 aromatic rings. The molecular weight excluding hydrogens is 322 g/mol. The van der Waals surface area contributed by atoms with Gasteiger partial charge in [-0.2, -0.15) is 0 Å². The van der Waals surface area contributed by atoms with Crippen molar-refractivity contribution in [1.29, 1.82) is 0 Å². The van der Waals surface area contributed by atoms with E-state index in [1.807, 2.05) is 38.1 Å². The summed E-state index contributed by atoms with van der Waals surface area (Å²) in [5, 5.41) is 19.4. The number of imidazole rings is 1. The highest BCUT2D eigenvalue weighted by Gasteiger charge is 2.30. The summed E-state index contributed by atoms with van der Waals surface area (Å²) < 4.78 is 1.02. The number of amides is 1. The van der Waals surface area contributed by atoms with Crippen LogP contribution >= 0.6 is 0 Å². The van der Waals surface area contributed by atoms with E-state index in [1.165, 1.54) is 0 Å². The van der Waals surface area contributed by atoms with E-state index < -0.39 is 17.6 Å². The largest absolute Gasteiger partial charge is 0.493 e. The summed E-state index contributed by atoms with van der Waals surface area (Å²) in [6.45, 7) is 5.66. The molecule has 136 valence electrons. The summed E-state index contributed by atoms with van der Waals surface area (Å²) in [6, 6.07) is 7.04. The molecule has 7 heteroatoms. The van der Waals surface area contributed by atoms with Crippen LogP contribution in [0.4, 0.5) is 0 Å². The second-order valence-electron chi connectivity index (χ2n) is 6.39. The van der Waals surface area contributed by atoms with Gasteiger partial charge in [-0.3, -0.25) is 14.6 Å². The minimum absolute atomic E-state index is 0.239. The topological polar surface area (TPSA) is 107 Å². The van der Waals surface area contributed by atoms with Crippen LogP contribution in [0.3, 0.4) is 0 Å². The summed E-state index contributed by atoms with van der Waals surface area (Å²) in [7, 11) is 0. The van der Waals surface area contributed by atoms with E-state index in [2.05, 4.69) is 4.98 Å². The number of benzene rings is 1. The highest BCUT2D eigenvalue weighted by molar-refractivity contribution is 5.79. The molecule has 1 heterocycles. The van der Waals surface area contributed by atoms with Crippen LogP contribution in [0.2, 0.25) is 0 Å². The Hall–Kier alpha value is -2.54. The maximum Gasteiger partial charge on any atom is 0.329 e. The lowest BCUT2D eigenvalue weighted by Crippen LogP contribution is -2.38. The standard InChI is InChI=1S/C18H25N3O4/c1-4-12(3)15(16(22)20-25)21-17(23)14(19-18(21)24)10-9-13-7-5-11(2)6-8-13/h5-8,12,15,23,25H,4,9-10H2,1-3H3,(H,19,24)(H,20,22). The van der Waals surface area contributed by atoms with Gasteiger partial charge in [-0.25, -0.2) is 10.3 Å². The lowest BCUT2D eigenvalue weighted by molar-refractivity contribution is -0.134. The third-order valence-corrected chi connectivity index (χ3v) is 4.60. The lowest BCUT2D eigenvalue weighted by atomic mass is 9.98. The van der Waals surface area contributed by atoms with Gasteiger partial charge in [0, 0.05) is 0 Å². The van der Waals surface area contributed by atoms with Crippen molar-refractivity contribution in [2.24, 2.45) is 5.92 Å². The summed E-state index contributed by atoms with van der Waals surface area (Å²) in [6.07, 6.45) is 1.69. The second-order valence-corrected chi connectivity index (χ2v) is 6.39. The molecule has 7 nitrogen and oxygen atoms in total. The highest BCUT2D eigenvalue weighted by atomic mass is 16.5. The van der Waals surface area contributed by atoms with E-state index in [1.54, 1.807) is 12.4 Å². The van der Waals surface area contributed by atoms with Crippen LogP contribution in [0, 0.1) is 12.8 Å². The molecule has 0 saturated carbocycles. The Morgan fingerprint density at radius 3 is 2.48 bits per heavy atom. The van der Waals surface area contributed by atoms with Gasteiger partial charge in [0.25, 0.3) is 5.91 Å². The predicted molar refractivity (Wildman–Crippen MR) is 93.7 cm³/mol. The Labute approximate surface area is 146 Å². The Morgan fingerprint density at radius 2 is 1.92 bits per heavy atom. The summed E-state index contributed by atoms with van der Waals surface area (Å²) >= 11 is 0. The van der Waals surface area contributed by atoms with Gasteiger partial charge in [-0.05, 0) is 31.2 Å². The van der Waals surface area contributed by atoms with Gasteiger partial charge in [0.15, 0.2) is 0 Å². The van der Waals surface area contributed by atoms with Gasteiger partial charge in [0.2, 0.25) is 5.88 Å². The molecule has 4 N–H and O–H groups in total. The number of rotatable bonds is 7. The van der Waals surface area contributed by atoms with Gasteiger partial charge >= 0.3 is 5.69 Å². The molecule has 0 aliphatic heterocycles. The Kier molecular flexibility index (Phi) is 6.03. The molecule has 2 unspecified atom stereocenters. The molecule has 0 spiro atoms. The second kappa shape index (κ2) is 8.02. The molecule has 2 atom stereocenters. The van der Waals surface area contributed by atoms with Crippen molar-refractivity contribution in [3.63, 3.8) is 0 Å². The van der Waals surface area contributed by atoms with E-state index in [4.69, 9.17) is 5.21 Å². The number of aromatic amines is 1. The molecule has 1 aromatic heterocycles.